The van der Waals surface area contributed by atoms with Gasteiger partial charge in [0.15, 0.2) is 8.32 Å². The van der Waals surface area contributed by atoms with Crippen LogP contribution < -0.4 is 0 Å². The summed E-state index contributed by atoms with van der Waals surface area (Å²) >= 11 is 1.80. The monoisotopic (exact) mass is 482 g/mol. The highest BCUT2D eigenvalue weighted by molar-refractivity contribution is 7.99. The van der Waals surface area contributed by atoms with Crippen molar-refractivity contribution >= 4 is 31.9 Å². The largest absolute Gasteiger partial charge is 0.445 e. The third kappa shape index (κ3) is 6.69. The number of carbonyl (C=O) groups excluding carboxylic acids is 1. The van der Waals surface area contributed by atoms with Crippen LogP contribution in [-0.4, -0.2) is 67.1 Å². The summed E-state index contributed by atoms with van der Waals surface area (Å²) in [6.07, 6.45) is 0.796. The van der Waals surface area contributed by atoms with Crippen LogP contribution in [0.2, 0.25) is 18.1 Å². The summed E-state index contributed by atoms with van der Waals surface area (Å²) in [6.45, 7) is 12.5. The minimum Gasteiger partial charge on any atom is -0.445 e. The van der Waals surface area contributed by atoms with E-state index in [2.05, 4.69) is 33.9 Å². The number of nitro groups is 1. The van der Waals surface area contributed by atoms with Crippen molar-refractivity contribution in [2.24, 2.45) is 0 Å². The minimum absolute atomic E-state index is 0.00518. The Kier molecular flexibility index (Phi) is 7.90. The Morgan fingerprint density at radius 2 is 1.94 bits per heavy atom. The molecule has 2 saturated heterocycles. The van der Waals surface area contributed by atoms with Crippen molar-refractivity contribution in [2.45, 2.75) is 70.2 Å². The maximum absolute atomic E-state index is 12.9. The van der Waals surface area contributed by atoms with Crippen LogP contribution >= 0.6 is 11.8 Å². The molecule has 2 fully saturated rings. The van der Waals surface area contributed by atoms with Gasteiger partial charge in [-0.05, 0) is 42.2 Å². The van der Waals surface area contributed by atoms with Crippen molar-refractivity contribution < 1.29 is 23.6 Å². The molecule has 0 N–H and O–H groups in total. The zero-order chi connectivity index (χ0) is 23.5. The van der Waals surface area contributed by atoms with Crippen molar-refractivity contribution in [3.05, 3.63) is 39.9 Å². The van der Waals surface area contributed by atoms with Crippen molar-refractivity contribution in [2.75, 3.05) is 24.7 Å². The zero-order valence-corrected chi connectivity index (χ0v) is 21.4. The van der Waals surface area contributed by atoms with Crippen molar-refractivity contribution in [1.82, 2.24) is 4.90 Å². The summed E-state index contributed by atoms with van der Waals surface area (Å²) in [4.78, 5) is 25.1. The lowest BCUT2D eigenvalue weighted by Gasteiger charge is -2.38. The van der Waals surface area contributed by atoms with E-state index in [0.717, 1.165) is 24.5 Å². The molecule has 2 aliphatic heterocycles. The number of rotatable bonds is 9. The van der Waals surface area contributed by atoms with Gasteiger partial charge in [0.1, 0.15) is 6.61 Å². The minimum atomic E-state index is -1.95. The molecule has 8 nitrogen and oxygen atoms in total. The summed E-state index contributed by atoms with van der Waals surface area (Å²) in [5.74, 6) is 1.76. The lowest BCUT2D eigenvalue weighted by molar-refractivity contribution is -0.384. The van der Waals surface area contributed by atoms with E-state index < -0.39 is 13.2 Å². The van der Waals surface area contributed by atoms with Gasteiger partial charge in [-0.3, -0.25) is 10.1 Å². The van der Waals surface area contributed by atoms with E-state index in [0.29, 0.717) is 18.2 Å². The SMILES string of the molecule is CC(C)(C)[Si](C)(C)OC1CC(CSCC2CO2)N(C(=O)OCc2ccc([N+](=O)[O-])cc2)C1. The standard InChI is InChI=1S/C22H34N2O6SSi/c1-22(2,3)32(4,5)30-19-10-18(14-31-15-20-13-28-20)23(11-19)21(25)29-12-16-6-8-17(9-7-16)24(26)27/h6-9,18-20H,10-15H2,1-5H3. The second-order valence-corrected chi connectivity index (χ2v) is 15.8. The Bertz CT molecular complexity index is 810. The number of amides is 1. The Balaban J connectivity index is 1.60. The summed E-state index contributed by atoms with van der Waals surface area (Å²) in [5.41, 5.74) is 0.732. The van der Waals surface area contributed by atoms with Gasteiger partial charge in [0.25, 0.3) is 5.69 Å². The van der Waals surface area contributed by atoms with Crippen LogP contribution in [0.15, 0.2) is 24.3 Å². The molecule has 10 heteroatoms. The first-order valence-corrected chi connectivity index (χ1v) is 15.1. The number of likely N-dealkylation sites (tertiary alicyclic amines) is 1. The molecule has 0 radical (unpaired) electrons. The fraction of sp³-hybridized carbons (Fsp3) is 0.682. The number of carbonyl (C=O) groups is 1. The van der Waals surface area contributed by atoms with Gasteiger partial charge in [-0.25, -0.2) is 4.79 Å². The molecule has 0 aromatic heterocycles. The summed E-state index contributed by atoms with van der Waals surface area (Å²) < 4.78 is 17.5. The molecule has 1 aromatic rings. The molecular formula is C22H34N2O6SSi. The second-order valence-electron chi connectivity index (χ2n) is 10.0. The van der Waals surface area contributed by atoms with E-state index in [4.69, 9.17) is 13.9 Å². The van der Waals surface area contributed by atoms with Gasteiger partial charge >= 0.3 is 6.09 Å². The maximum Gasteiger partial charge on any atom is 0.410 e. The van der Waals surface area contributed by atoms with E-state index >= 15 is 0 Å². The number of hydrogen-bond donors (Lipinski definition) is 0. The Morgan fingerprint density at radius 3 is 2.50 bits per heavy atom. The van der Waals surface area contributed by atoms with Crippen LogP contribution in [0.25, 0.3) is 0 Å². The second kappa shape index (κ2) is 10.1. The number of ether oxygens (including phenoxy) is 2. The summed E-state index contributed by atoms with van der Waals surface area (Å²) in [5, 5.41) is 10.9. The molecule has 0 spiro atoms. The molecule has 178 valence electrons. The van der Waals surface area contributed by atoms with E-state index in [1.165, 1.54) is 12.1 Å². The van der Waals surface area contributed by atoms with Gasteiger partial charge in [0.2, 0.25) is 0 Å². The molecule has 3 atom stereocenters. The van der Waals surface area contributed by atoms with Crippen molar-refractivity contribution in [1.29, 1.82) is 0 Å². The maximum atomic E-state index is 12.9. The van der Waals surface area contributed by atoms with Gasteiger partial charge in [-0.2, -0.15) is 11.8 Å². The van der Waals surface area contributed by atoms with Crippen molar-refractivity contribution in [3.8, 4) is 0 Å². The fourth-order valence-corrected chi connectivity index (χ4v) is 5.91. The Morgan fingerprint density at radius 1 is 1.28 bits per heavy atom. The van der Waals surface area contributed by atoms with E-state index in [9.17, 15) is 14.9 Å². The lowest BCUT2D eigenvalue weighted by Crippen LogP contribution is -2.44. The van der Waals surface area contributed by atoms with E-state index in [-0.39, 0.29) is 35.6 Å². The molecular weight excluding hydrogens is 448 g/mol. The first-order valence-electron chi connectivity index (χ1n) is 11.0. The number of nitro benzene ring substituents is 1. The lowest BCUT2D eigenvalue weighted by atomic mass is 10.2. The predicted octanol–water partition coefficient (Wildman–Crippen LogP) is 4.83. The van der Waals surface area contributed by atoms with Gasteiger partial charge in [-0.15, -0.1) is 0 Å². The Labute approximate surface area is 195 Å². The zero-order valence-electron chi connectivity index (χ0n) is 19.5. The third-order valence-corrected chi connectivity index (χ3v) is 12.2. The Hall–Kier alpha value is -1.62. The number of non-ortho nitro benzene ring substituents is 1. The van der Waals surface area contributed by atoms with Crippen molar-refractivity contribution in [3.63, 3.8) is 0 Å². The van der Waals surface area contributed by atoms with Crippen LogP contribution in [0.3, 0.4) is 0 Å². The molecule has 0 saturated carbocycles. The van der Waals surface area contributed by atoms with Gasteiger partial charge in [0.05, 0.1) is 23.7 Å². The molecule has 2 aliphatic rings. The first kappa shape index (κ1) is 25.0. The van der Waals surface area contributed by atoms with Crippen LogP contribution in [0.5, 0.6) is 0 Å². The molecule has 1 amide bonds. The van der Waals surface area contributed by atoms with E-state index in [1.54, 1.807) is 28.8 Å². The summed E-state index contributed by atoms with van der Waals surface area (Å²) in [7, 11) is -1.95. The molecule has 1 aromatic carbocycles. The average molecular weight is 483 g/mol. The quantitative estimate of drug-likeness (QED) is 0.215. The molecule has 0 bridgehead atoms. The highest BCUT2D eigenvalue weighted by atomic mass is 32.2. The smallest absolute Gasteiger partial charge is 0.410 e. The third-order valence-electron chi connectivity index (χ3n) is 6.40. The molecule has 2 heterocycles. The van der Waals surface area contributed by atoms with Gasteiger partial charge in [-0.1, -0.05) is 20.8 Å². The van der Waals surface area contributed by atoms with Crippen LogP contribution in [0.4, 0.5) is 10.5 Å². The van der Waals surface area contributed by atoms with Gasteiger partial charge in [0, 0.05) is 36.2 Å². The van der Waals surface area contributed by atoms with Crippen LogP contribution in [-0.2, 0) is 20.5 Å². The number of hydrogen-bond acceptors (Lipinski definition) is 7. The average Bonchev–Trinajstić information content (AvgIpc) is 3.45. The first-order chi connectivity index (χ1) is 15.0. The van der Waals surface area contributed by atoms with Crippen LogP contribution in [0, 0.1) is 10.1 Å². The number of thioether (sulfide) groups is 1. The number of nitrogens with zero attached hydrogens (tertiary/aromatic N) is 2. The molecule has 0 aliphatic carbocycles. The van der Waals surface area contributed by atoms with E-state index in [1.807, 2.05) is 0 Å². The predicted molar refractivity (Wildman–Crippen MR) is 128 cm³/mol. The molecule has 32 heavy (non-hydrogen) atoms. The van der Waals surface area contributed by atoms with Gasteiger partial charge < -0.3 is 18.8 Å². The molecule has 3 rings (SSSR count). The van der Waals surface area contributed by atoms with Crippen LogP contribution in [0.1, 0.15) is 32.8 Å². The normalized spacial score (nSPS) is 23.3. The highest BCUT2D eigenvalue weighted by Crippen LogP contribution is 2.39. The fourth-order valence-electron chi connectivity index (χ4n) is 3.38. The highest BCUT2D eigenvalue weighted by Gasteiger charge is 2.44. The number of epoxide rings is 1. The molecule has 3 unspecified atom stereocenters. The topological polar surface area (TPSA) is 94.4 Å². The number of benzene rings is 1. The summed E-state index contributed by atoms with van der Waals surface area (Å²) in [6, 6.07) is 6.12.